The zero-order chi connectivity index (χ0) is 18.1. The normalized spacial score (nSPS) is 26.0. The van der Waals surface area contributed by atoms with Crippen molar-refractivity contribution in [3.8, 4) is 6.07 Å². The molecular formula is C17H13ClN4O3. The van der Waals surface area contributed by atoms with Gasteiger partial charge >= 0.3 is 5.97 Å². The third kappa shape index (κ3) is 1.64. The molecule has 0 radical (unpaired) electrons. The average Bonchev–Trinajstić information content (AvgIpc) is 2.94. The number of carbonyl (C=O) groups excluding carboxylic acids is 2. The number of ether oxygens (including phenoxy) is 1. The molecule has 1 amide bonds. The first kappa shape index (κ1) is 15.5. The van der Waals surface area contributed by atoms with E-state index in [-0.39, 0.29) is 17.0 Å². The van der Waals surface area contributed by atoms with Crippen molar-refractivity contribution in [2.45, 2.75) is 24.9 Å². The van der Waals surface area contributed by atoms with E-state index in [4.69, 9.17) is 22.1 Å². The number of nitrogens with zero attached hydrogens (tertiary/aromatic N) is 1. The van der Waals surface area contributed by atoms with Crippen molar-refractivity contribution in [3.63, 3.8) is 0 Å². The molecule has 0 saturated heterocycles. The van der Waals surface area contributed by atoms with Crippen LogP contribution in [0.25, 0.3) is 0 Å². The first-order valence-electron chi connectivity index (χ1n) is 7.51. The van der Waals surface area contributed by atoms with Crippen LogP contribution in [0.5, 0.6) is 0 Å². The second-order valence-corrected chi connectivity index (χ2v) is 6.95. The lowest BCUT2D eigenvalue weighted by Crippen LogP contribution is -2.48. The molecule has 25 heavy (non-hydrogen) atoms. The molecule has 1 spiro atoms. The van der Waals surface area contributed by atoms with E-state index in [1.807, 2.05) is 6.07 Å². The number of hydrogen-bond donors (Lipinski definition) is 3. The fourth-order valence-corrected chi connectivity index (χ4v) is 3.97. The standard InChI is InChI=1S/C17H13ClN4O3/c1-16(2)12-10(14(23)25-16)17(8(6-19)13(20)22-12)7-4-3-5-9(18)11(7)21-15(17)24/h3-5,22H,20H2,1-2H3,(H,21,24)/t17-/m1/s1. The third-order valence-corrected chi connectivity index (χ3v) is 5.11. The monoisotopic (exact) mass is 356 g/mol. The Hall–Kier alpha value is -2.98. The lowest BCUT2D eigenvalue weighted by Gasteiger charge is -2.34. The van der Waals surface area contributed by atoms with E-state index in [1.54, 1.807) is 32.0 Å². The molecule has 4 rings (SSSR count). The quantitative estimate of drug-likeness (QED) is 0.605. The maximum Gasteiger partial charge on any atom is 0.338 e. The minimum Gasteiger partial charge on any atom is -0.450 e. The minimum atomic E-state index is -1.68. The number of cyclic esters (lactones) is 1. The number of dihydropyridines is 1. The van der Waals surface area contributed by atoms with Crippen LogP contribution in [0.3, 0.4) is 0 Å². The Balaban J connectivity index is 2.16. The van der Waals surface area contributed by atoms with Gasteiger partial charge in [0, 0.05) is 5.56 Å². The van der Waals surface area contributed by atoms with E-state index in [1.165, 1.54) is 0 Å². The summed E-state index contributed by atoms with van der Waals surface area (Å²) in [6.45, 7) is 3.37. The highest BCUT2D eigenvalue weighted by molar-refractivity contribution is 6.35. The lowest BCUT2D eigenvalue weighted by molar-refractivity contribution is -0.145. The topological polar surface area (TPSA) is 117 Å². The van der Waals surface area contributed by atoms with Gasteiger partial charge in [-0.15, -0.1) is 0 Å². The van der Waals surface area contributed by atoms with Gasteiger partial charge in [0.2, 0.25) is 5.91 Å². The Bertz CT molecular complexity index is 986. The van der Waals surface area contributed by atoms with E-state index >= 15 is 0 Å². The Morgan fingerprint density at radius 1 is 1.28 bits per heavy atom. The van der Waals surface area contributed by atoms with Gasteiger partial charge in [-0.05, 0) is 19.9 Å². The van der Waals surface area contributed by atoms with E-state index < -0.39 is 22.9 Å². The van der Waals surface area contributed by atoms with Crippen molar-refractivity contribution in [3.05, 3.63) is 51.4 Å². The van der Waals surface area contributed by atoms with Gasteiger partial charge < -0.3 is 21.1 Å². The van der Waals surface area contributed by atoms with Crippen molar-refractivity contribution in [2.24, 2.45) is 5.73 Å². The molecule has 3 aliphatic rings. The molecule has 126 valence electrons. The summed E-state index contributed by atoms with van der Waals surface area (Å²) in [7, 11) is 0. The minimum absolute atomic E-state index is 0.00982. The van der Waals surface area contributed by atoms with Crippen LogP contribution in [0.2, 0.25) is 5.02 Å². The highest BCUT2D eigenvalue weighted by atomic mass is 35.5. The molecule has 3 heterocycles. The summed E-state index contributed by atoms with van der Waals surface area (Å²) in [5.74, 6) is -1.22. The number of nitrogens with one attached hydrogen (secondary N) is 2. The predicted octanol–water partition coefficient (Wildman–Crippen LogP) is 1.42. The number of fused-ring (bicyclic) bond motifs is 3. The second-order valence-electron chi connectivity index (χ2n) is 6.54. The van der Waals surface area contributed by atoms with Gasteiger partial charge in [0.25, 0.3) is 0 Å². The molecule has 0 unspecified atom stereocenters. The summed E-state index contributed by atoms with van der Waals surface area (Å²) in [6.07, 6.45) is 0. The molecular weight excluding hydrogens is 344 g/mol. The summed E-state index contributed by atoms with van der Waals surface area (Å²) in [5.41, 5.74) is 4.53. The molecule has 0 bridgehead atoms. The summed E-state index contributed by atoms with van der Waals surface area (Å²) in [4.78, 5) is 25.8. The number of halogens is 1. The molecule has 3 aliphatic heterocycles. The van der Waals surface area contributed by atoms with Crippen LogP contribution in [-0.4, -0.2) is 17.5 Å². The van der Waals surface area contributed by atoms with Gasteiger partial charge in [-0.1, -0.05) is 23.7 Å². The van der Waals surface area contributed by atoms with Gasteiger partial charge in [0.15, 0.2) is 0 Å². The highest BCUT2D eigenvalue weighted by Crippen LogP contribution is 2.55. The van der Waals surface area contributed by atoms with Gasteiger partial charge in [-0.3, -0.25) is 4.79 Å². The largest absolute Gasteiger partial charge is 0.450 e. The first-order chi connectivity index (χ1) is 11.7. The molecule has 7 nitrogen and oxygen atoms in total. The Kier molecular flexibility index (Phi) is 2.83. The van der Waals surface area contributed by atoms with Gasteiger partial charge in [-0.25, -0.2) is 4.79 Å². The number of benzene rings is 1. The number of anilines is 1. The summed E-state index contributed by atoms with van der Waals surface area (Å²) < 4.78 is 5.44. The lowest BCUT2D eigenvalue weighted by atomic mass is 9.67. The molecule has 1 aromatic carbocycles. The molecule has 0 fully saturated rings. The molecule has 4 N–H and O–H groups in total. The van der Waals surface area contributed by atoms with E-state index in [0.717, 1.165) is 0 Å². The number of carbonyl (C=O) groups is 2. The Labute approximate surface area is 148 Å². The highest BCUT2D eigenvalue weighted by Gasteiger charge is 2.63. The van der Waals surface area contributed by atoms with Crippen LogP contribution >= 0.6 is 11.6 Å². The molecule has 0 aromatic heterocycles. The summed E-state index contributed by atoms with van der Waals surface area (Å²) >= 11 is 6.21. The Morgan fingerprint density at radius 2 is 2.00 bits per heavy atom. The SMILES string of the molecule is CC1(C)OC(=O)C2=C1NC(N)=C(C#N)[C@@]21C(=O)Nc2c(Cl)cccc21. The first-order valence-corrected chi connectivity index (χ1v) is 7.89. The van der Waals surface area contributed by atoms with Gasteiger partial charge in [-0.2, -0.15) is 5.26 Å². The third-order valence-electron chi connectivity index (χ3n) is 4.79. The number of para-hydroxylation sites is 1. The van der Waals surface area contributed by atoms with Crippen molar-refractivity contribution in [2.75, 3.05) is 5.32 Å². The molecule has 1 aromatic rings. The maximum atomic E-state index is 13.1. The van der Waals surface area contributed by atoms with E-state index in [0.29, 0.717) is 22.0 Å². The fourth-order valence-electron chi connectivity index (χ4n) is 3.75. The van der Waals surface area contributed by atoms with Crippen LogP contribution in [0.4, 0.5) is 5.69 Å². The van der Waals surface area contributed by atoms with E-state index in [2.05, 4.69) is 10.6 Å². The number of amides is 1. The van der Waals surface area contributed by atoms with E-state index in [9.17, 15) is 14.9 Å². The fraction of sp³-hybridized carbons (Fsp3) is 0.235. The molecule has 0 aliphatic carbocycles. The van der Waals surface area contributed by atoms with Crippen molar-refractivity contribution >= 4 is 29.2 Å². The van der Waals surface area contributed by atoms with Gasteiger partial charge in [0.1, 0.15) is 22.9 Å². The van der Waals surface area contributed by atoms with Crippen LogP contribution in [0.15, 0.2) is 40.9 Å². The zero-order valence-electron chi connectivity index (χ0n) is 13.4. The van der Waals surface area contributed by atoms with Crippen LogP contribution < -0.4 is 16.4 Å². The number of rotatable bonds is 0. The van der Waals surface area contributed by atoms with Gasteiger partial charge in [0.05, 0.1) is 27.6 Å². The average molecular weight is 357 g/mol. The van der Waals surface area contributed by atoms with Crippen LogP contribution in [0, 0.1) is 11.3 Å². The molecule has 0 saturated carbocycles. The predicted molar refractivity (Wildman–Crippen MR) is 88.9 cm³/mol. The number of esters is 1. The van der Waals surface area contributed by atoms with Crippen LogP contribution in [0.1, 0.15) is 19.4 Å². The summed E-state index contributed by atoms with van der Waals surface area (Å²) in [5, 5.41) is 15.6. The number of nitriles is 1. The number of hydrogen-bond acceptors (Lipinski definition) is 6. The summed E-state index contributed by atoms with van der Waals surface area (Å²) in [6, 6.07) is 6.91. The molecule has 8 heteroatoms. The second kappa shape index (κ2) is 4.55. The number of nitrogens with two attached hydrogens (primary N) is 1. The Morgan fingerprint density at radius 3 is 2.68 bits per heavy atom. The van der Waals surface area contributed by atoms with Crippen molar-refractivity contribution in [1.29, 1.82) is 5.26 Å². The van der Waals surface area contributed by atoms with Crippen molar-refractivity contribution < 1.29 is 14.3 Å². The maximum absolute atomic E-state index is 13.1. The van der Waals surface area contributed by atoms with Crippen molar-refractivity contribution in [1.82, 2.24) is 5.32 Å². The van der Waals surface area contributed by atoms with Crippen LogP contribution in [-0.2, 0) is 19.7 Å². The zero-order valence-corrected chi connectivity index (χ0v) is 14.1. The smallest absolute Gasteiger partial charge is 0.338 e. The molecule has 1 atom stereocenters.